The van der Waals surface area contributed by atoms with Crippen molar-refractivity contribution in [3.63, 3.8) is 0 Å². The van der Waals surface area contributed by atoms with Gasteiger partial charge in [0.2, 0.25) is 5.91 Å². The maximum absolute atomic E-state index is 12.0. The van der Waals surface area contributed by atoms with Gasteiger partial charge in [0.05, 0.1) is 34.7 Å². The molecule has 7 nitrogen and oxygen atoms in total. The van der Waals surface area contributed by atoms with Crippen LogP contribution < -0.4 is 4.90 Å². The minimum Gasteiger partial charge on any atom is -0.481 e. The van der Waals surface area contributed by atoms with E-state index in [1.165, 1.54) is 11.8 Å². The summed E-state index contributed by atoms with van der Waals surface area (Å²) in [6.07, 6.45) is -0.503. The lowest BCUT2D eigenvalue weighted by atomic mass is 10.2. The van der Waals surface area contributed by atoms with E-state index in [9.17, 15) is 18.0 Å². The molecule has 0 aliphatic carbocycles. The number of fused-ring (bicyclic) bond motifs is 1. The molecule has 2 saturated heterocycles. The van der Waals surface area contributed by atoms with Crippen molar-refractivity contribution in [2.24, 2.45) is 4.99 Å². The van der Waals surface area contributed by atoms with Gasteiger partial charge >= 0.3 is 5.97 Å². The number of halogens is 1. The molecule has 1 aromatic carbocycles. The third-order valence-corrected chi connectivity index (χ3v) is 7.48. The standard InChI is InChI=1S/C15H15ClN2O5S2/c16-9-3-1-2-4-10(9)18-11-7-25(22,23)8-12(11)24-15(18)17-13(19)5-6-14(20)21/h1-4,11-12H,5-8H2,(H,20,21)/t11-,12-/m1/s1. The van der Waals surface area contributed by atoms with Gasteiger partial charge < -0.3 is 10.0 Å². The Kier molecular flexibility index (Phi) is 5.08. The lowest BCUT2D eigenvalue weighted by molar-refractivity contribution is -0.138. The maximum atomic E-state index is 12.0. The monoisotopic (exact) mass is 402 g/mol. The van der Waals surface area contributed by atoms with Crippen LogP contribution in [0, 0.1) is 0 Å². The highest BCUT2D eigenvalue weighted by Gasteiger charge is 2.49. The van der Waals surface area contributed by atoms with Crippen molar-refractivity contribution in [1.82, 2.24) is 0 Å². The number of aliphatic imine (C=N–C) groups is 1. The van der Waals surface area contributed by atoms with E-state index in [0.29, 0.717) is 15.9 Å². The summed E-state index contributed by atoms with van der Waals surface area (Å²) >= 11 is 7.48. The number of hydrogen-bond acceptors (Lipinski definition) is 5. The van der Waals surface area contributed by atoms with Gasteiger partial charge in [0.1, 0.15) is 0 Å². The number of carboxylic acids is 1. The van der Waals surface area contributed by atoms with Crippen molar-refractivity contribution >= 4 is 55.9 Å². The second kappa shape index (κ2) is 6.97. The van der Waals surface area contributed by atoms with Crippen LogP contribution in [0.3, 0.4) is 0 Å². The Morgan fingerprint density at radius 1 is 1.28 bits per heavy atom. The number of rotatable bonds is 4. The first kappa shape index (κ1) is 18.2. The van der Waals surface area contributed by atoms with Crippen molar-refractivity contribution in [3.8, 4) is 0 Å². The fourth-order valence-corrected chi connectivity index (χ4v) is 7.02. The number of para-hydroxylation sites is 1. The van der Waals surface area contributed by atoms with Gasteiger partial charge in [-0.15, -0.1) is 0 Å². The van der Waals surface area contributed by atoms with Crippen molar-refractivity contribution in [1.29, 1.82) is 0 Å². The number of amidine groups is 1. The van der Waals surface area contributed by atoms with Gasteiger partial charge in [-0.3, -0.25) is 9.59 Å². The van der Waals surface area contributed by atoms with Gasteiger partial charge in [-0.05, 0) is 12.1 Å². The zero-order chi connectivity index (χ0) is 18.2. The molecule has 2 atom stereocenters. The number of anilines is 1. The summed E-state index contributed by atoms with van der Waals surface area (Å²) in [4.78, 5) is 28.3. The number of carbonyl (C=O) groups excluding carboxylic acids is 1. The fraction of sp³-hybridized carbons (Fsp3) is 0.400. The van der Waals surface area contributed by atoms with Crippen LogP contribution in [0.5, 0.6) is 0 Å². The SMILES string of the molecule is O=C(O)CCC(=O)N=C1S[C@@H]2CS(=O)(=O)C[C@H]2N1c1ccccc1Cl. The fourth-order valence-electron chi connectivity index (χ4n) is 2.87. The summed E-state index contributed by atoms with van der Waals surface area (Å²) in [6.45, 7) is 0. The second-order valence-electron chi connectivity index (χ2n) is 5.80. The Balaban J connectivity index is 1.94. The Labute approximate surface area is 154 Å². The van der Waals surface area contributed by atoms with E-state index >= 15 is 0 Å². The van der Waals surface area contributed by atoms with E-state index in [1.54, 1.807) is 29.2 Å². The van der Waals surface area contributed by atoms with Crippen LogP contribution in [0.2, 0.25) is 5.02 Å². The molecule has 134 valence electrons. The average molecular weight is 403 g/mol. The van der Waals surface area contributed by atoms with Crippen molar-refractivity contribution in [3.05, 3.63) is 29.3 Å². The van der Waals surface area contributed by atoms with Crippen LogP contribution in [0.15, 0.2) is 29.3 Å². The molecule has 0 radical (unpaired) electrons. The molecule has 0 unspecified atom stereocenters. The number of thioether (sulfide) groups is 1. The van der Waals surface area contributed by atoms with Crippen molar-refractivity contribution in [2.75, 3.05) is 16.4 Å². The molecule has 1 N–H and O–H groups in total. The van der Waals surface area contributed by atoms with Gasteiger partial charge in [-0.25, -0.2) is 8.42 Å². The van der Waals surface area contributed by atoms with Crippen LogP contribution in [0.25, 0.3) is 0 Å². The predicted octanol–water partition coefficient (Wildman–Crippen LogP) is 1.81. The lowest BCUT2D eigenvalue weighted by Crippen LogP contribution is -2.37. The molecule has 3 rings (SSSR count). The topological polar surface area (TPSA) is 104 Å². The Hall–Kier alpha value is -1.58. The summed E-state index contributed by atoms with van der Waals surface area (Å²) in [5.41, 5.74) is 0.589. The second-order valence-corrected chi connectivity index (χ2v) is 9.57. The number of nitrogens with zero attached hydrogens (tertiary/aromatic N) is 2. The van der Waals surface area contributed by atoms with Crippen LogP contribution in [0.1, 0.15) is 12.8 Å². The summed E-state index contributed by atoms with van der Waals surface area (Å²) in [5, 5.41) is 9.25. The van der Waals surface area contributed by atoms with E-state index in [2.05, 4.69) is 4.99 Å². The molecule has 2 heterocycles. The molecule has 10 heteroatoms. The van der Waals surface area contributed by atoms with Crippen LogP contribution in [-0.2, 0) is 19.4 Å². The number of sulfone groups is 1. The molecule has 1 amide bonds. The van der Waals surface area contributed by atoms with Gasteiger partial charge in [0.15, 0.2) is 15.0 Å². The summed E-state index contributed by atoms with van der Waals surface area (Å²) in [5.74, 6) is -1.63. The molecular formula is C15H15ClN2O5S2. The first-order valence-electron chi connectivity index (χ1n) is 7.51. The third kappa shape index (κ3) is 3.99. The summed E-state index contributed by atoms with van der Waals surface area (Å²) < 4.78 is 23.9. The van der Waals surface area contributed by atoms with E-state index in [0.717, 1.165) is 0 Å². The molecule has 1 aromatic rings. The number of amides is 1. The van der Waals surface area contributed by atoms with Gasteiger partial charge in [0.25, 0.3) is 0 Å². The molecule has 0 aromatic heterocycles. The number of aliphatic carboxylic acids is 1. The number of hydrogen-bond donors (Lipinski definition) is 1. The molecule has 2 aliphatic rings. The van der Waals surface area contributed by atoms with E-state index < -0.39 is 21.7 Å². The highest BCUT2D eigenvalue weighted by atomic mass is 35.5. The van der Waals surface area contributed by atoms with E-state index in [1.807, 2.05) is 0 Å². The number of benzene rings is 1. The zero-order valence-corrected chi connectivity index (χ0v) is 15.4. The molecule has 2 fully saturated rings. The molecule has 2 aliphatic heterocycles. The smallest absolute Gasteiger partial charge is 0.303 e. The van der Waals surface area contributed by atoms with Crippen LogP contribution in [-0.4, -0.2) is 53.4 Å². The molecule has 25 heavy (non-hydrogen) atoms. The molecular weight excluding hydrogens is 388 g/mol. The highest BCUT2D eigenvalue weighted by Crippen LogP contribution is 2.42. The van der Waals surface area contributed by atoms with Crippen molar-refractivity contribution in [2.45, 2.75) is 24.1 Å². The molecule has 0 spiro atoms. The summed E-state index contributed by atoms with van der Waals surface area (Å²) in [6, 6.07) is 6.61. The van der Waals surface area contributed by atoms with Gasteiger partial charge in [-0.2, -0.15) is 4.99 Å². The third-order valence-electron chi connectivity index (χ3n) is 3.95. The number of carbonyl (C=O) groups is 2. The van der Waals surface area contributed by atoms with E-state index in [-0.39, 0.29) is 35.6 Å². The zero-order valence-electron chi connectivity index (χ0n) is 13.0. The molecule has 0 saturated carbocycles. The van der Waals surface area contributed by atoms with Crippen LogP contribution >= 0.6 is 23.4 Å². The predicted molar refractivity (Wildman–Crippen MR) is 97.1 cm³/mol. The highest BCUT2D eigenvalue weighted by molar-refractivity contribution is 8.16. The largest absolute Gasteiger partial charge is 0.481 e. The van der Waals surface area contributed by atoms with Crippen LogP contribution in [0.4, 0.5) is 5.69 Å². The van der Waals surface area contributed by atoms with E-state index in [4.69, 9.17) is 16.7 Å². The lowest BCUT2D eigenvalue weighted by Gasteiger charge is -2.25. The average Bonchev–Trinajstić information content (AvgIpc) is 2.97. The Morgan fingerprint density at radius 2 is 2.00 bits per heavy atom. The minimum absolute atomic E-state index is 0.0195. The molecule has 0 bridgehead atoms. The summed E-state index contributed by atoms with van der Waals surface area (Å²) in [7, 11) is -3.16. The van der Waals surface area contributed by atoms with Crippen molar-refractivity contribution < 1.29 is 23.1 Å². The minimum atomic E-state index is -3.16. The first-order valence-corrected chi connectivity index (χ1v) is 10.6. The Bertz CT molecular complexity index is 855. The van der Waals surface area contributed by atoms with Gasteiger partial charge in [0, 0.05) is 11.7 Å². The number of carboxylic acid groups (broad SMARTS) is 1. The van der Waals surface area contributed by atoms with Gasteiger partial charge in [-0.1, -0.05) is 35.5 Å². The first-order chi connectivity index (χ1) is 11.8. The maximum Gasteiger partial charge on any atom is 0.303 e. The quantitative estimate of drug-likeness (QED) is 0.818. The Morgan fingerprint density at radius 3 is 2.68 bits per heavy atom. The normalized spacial score (nSPS) is 26.0.